The summed E-state index contributed by atoms with van der Waals surface area (Å²) >= 11 is 0. The van der Waals surface area contributed by atoms with Gasteiger partial charge in [-0.05, 0) is 5.56 Å². The summed E-state index contributed by atoms with van der Waals surface area (Å²) < 4.78 is 2.37. The van der Waals surface area contributed by atoms with Crippen LogP contribution in [0, 0.1) is 0 Å². The molecule has 1 amide bonds. The van der Waals surface area contributed by atoms with Gasteiger partial charge < -0.3 is 5.32 Å². The Morgan fingerprint density at radius 2 is 1.76 bits per heavy atom. The van der Waals surface area contributed by atoms with Gasteiger partial charge in [0.25, 0.3) is 5.56 Å². The predicted molar refractivity (Wildman–Crippen MR) is 78.9 cm³/mol. The normalized spacial score (nSPS) is 10.4. The summed E-state index contributed by atoms with van der Waals surface area (Å²) in [6, 6.07) is 10.7. The quantitative estimate of drug-likeness (QED) is 0.856. The summed E-state index contributed by atoms with van der Waals surface area (Å²) in [7, 11) is 2.99. The molecule has 0 spiro atoms. The lowest BCUT2D eigenvalue weighted by Crippen LogP contribution is -2.39. The number of nitrogens with zero attached hydrogens (tertiary/aromatic N) is 2. The van der Waals surface area contributed by atoms with E-state index in [2.05, 4.69) is 5.32 Å². The summed E-state index contributed by atoms with van der Waals surface area (Å²) in [5.74, 6) is -0.158. The van der Waals surface area contributed by atoms with E-state index in [1.54, 1.807) is 7.05 Å². The molecule has 0 saturated carbocycles. The van der Waals surface area contributed by atoms with E-state index in [1.165, 1.54) is 17.7 Å². The van der Waals surface area contributed by atoms with E-state index in [1.807, 2.05) is 30.3 Å². The van der Waals surface area contributed by atoms with Crippen molar-refractivity contribution in [2.24, 2.45) is 14.1 Å². The molecule has 1 heterocycles. The number of amides is 1. The minimum atomic E-state index is -0.408. The molecule has 2 rings (SSSR count). The average Bonchev–Trinajstić information content (AvgIpc) is 2.48. The molecule has 0 bridgehead atoms. The minimum absolute atomic E-state index is 0.146. The number of hydrogen-bond donors (Lipinski definition) is 1. The van der Waals surface area contributed by atoms with E-state index < -0.39 is 5.69 Å². The molecule has 0 fully saturated rings. The lowest BCUT2D eigenvalue weighted by atomic mass is 10.1. The highest BCUT2D eigenvalue weighted by atomic mass is 16.2. The largest absolute Gasteiger partial charge is 0.350 e. The molecule has 6 heteroatoms. The van der Waals surface area contributed by atoms with Crippen molar-refractivity contribution in [1.29, 1.82) is 0 Å². The first-order chi connectivity index (χ1) is 9.99. The summed E-state index contributed by atoms with van der Waals surface area (Å²) in [6.07, 6.45) is 0.264. The van der Waals surface area contributed by atoms with Crippen molar-refractivity contribution in [1.82, 2.24) is 14.5 Å². The van der Waals surface area contributed by atoms with Crippen LogP contribution in [0.25, 0.3) is 0 Å². The van der Waals surface area contributed by atoms with Crippen molar-refractivity contribution in [3.05, 3.63) is 68.5 Å². The third-order valence-corrected chi connectivity index (χ3v) is 3.30. The number of nitrogens with one attached hydrogen (secondary N) is 1. The number of aromatic nitrogens is 2. The highest BCUT2D eigenvalue weighted by molar-refractivity contribution is 5.78. The fourth-order valence-corrected chi connectivity index (χ4v) is 1.98. The minimum Gasteiger partial charge on any atom is -0.350 e. The van der Waals surface area contributed by atoms with Crippen LogP contribution >= 0.6 is 0 Å². The third-order valence-electron chi connectivity index (χ3n) is 3.30. The highest BCUT2D eigenvalue weighted by Gasteiger charge is 2.08. The van der Waals surface area contributed by atoms with Gasteiger partial charge >= 0.3 is 5.69 Å². The number of carbonyl (C=O) groups is 1. The fourth-order valence-electron chi connectivity index (χ4n) is 1.98. The van der Waals surface area contributed by atoms with Gasteiger partial charge in [0, 0.05) is 25.9 Å². The van der Waals surface area contributed by atoms with Crippen LogP contribution in [0.15, 0.2) is 46.0 Å². The second kappa shape index (κ2) is 6.21. The molecule has 1 aromatic heterocycles. The van der Waals surface area contributed by atoms with Crippen molar-refractivity contribution in [3.8, 4) is 0 Å². The average molecular weight is 287 g/mol. The molecule has 0 unspecified atom stereocenters. The molecule has 21 heavy (non-hydrogen) atoms. The molecular formula is C15H17N3O3. The SMILES string of the molecule is Cn1c(CNC(=O)Cc2ccccc2)cc(=O)n(C)c1=O. The zero-order chi connectivity index (χ0) is 15.4. The van der Waals surface area contributed by atoms with Gasteiger partial charge in [0.05, 0.1) is 13.0 Å². The van der Waals surface area contributed by atoms with Crippen LogP contribution in [0.5, 0.6) is 0 Å². The summed E-state index contributed by atoms with van der Waals surface area (Å²) in [6.45, 7) is 0.146. The molecular weight excluding hydrogens is 270 g/mol. The molecule has 0 aliphatic heterocycles. The zero-order valence-electron chi connectivity index (χ0n) is 12.0. The van der Waals surface area contributed by atoms with Crippen LogP contribution < -0.4 is 16.6 Å². The summed E-state index contributed by atoms with van der Waals surface area (Å²) in [4.78, 5) is 35.2. The molecule has 0 aliphatic rings. The maximum atomic E-state index is 11.9. The maximum Gasteiger partial charge on any atom is 0.330 e. The fraction of sp³-hybridized carbons (Fsp3) is 0.267. The van der Waals surface area contributed by atoms with Crippen molar-refractivity contribution in [2.75, 3.05) is 0 Å². The van der Waals surface area contributed by atoms with Gasteiger partial charge in [-0.1, -0.05) is 30.3 Å². The van der Waals surface area contributed by atoms with Gasteiger partial charge in [-0.25, -0.2) is 4.79 Å². The van der Waals surface area contributed by atoms with Crippen LogP contribution in [-0.2, 0) is 31.9 Å². The van der Waals surface area contributed by atoms with E-state index in [0.717, 1.165) is 10.1 Å². The Balaban J connectivity index is 2.05. The van der Waals surface area contributed by atoms with E-state index in [0.29, 0.717) is 5.69 Å². The zero-order valence-corrected chi connectivity index (χ0v) is 12.0. The molecule has 2 aromatic rings. The molecule has 1 N–H and O–H groups in total. The standard InChI is InChI=1S/C15H17N3O3/c1-17-12(9-14(20)18(2)15(17)21)10-16-13(19)8-11-6-4-3-5-7-11/h3-7,9H,8,10H2,1-2H3,(H,16,19). The van der Waals surface area contributed by atoms with Gasteiger partial charge in [-0.3, -0.25) is 18.7 Å². The van der Waals surface area contributed by atoms with Gasteiger partial charge in [0.2, 0.25) is 5.91 Å². The number of benzene rings is 1. The maximum absolute atomic E-state index is 11.9. The lowest BCUT2D eigenvalue weighted by Gasteiger charge is -2.10. The van der Waals surface area contributed by atoms with Gasteiger partial charge in [-0.2, -0.15) is 0 Å². The van der Waals surface area contributed by atoms with Crippen LogP contribution in [0.4, 0.5) is 0 Å². The van der Waals surface area contributed by atoms with Gasteiger partial charge in [-0.15, -0.1) is 0 Å². The van der Waals surface area contributed by atoms with Crippen molar-refractivity contribution in [2.45, 2.75) is 13.0 Å². The first-order valence-corrected chi connectivity index (χ1v) is 6.55. The van der Waals surface area contributed by atoms with Gasteiger partial charge in [0.15, 0.2) is 0 Å². The number of carbonyl (C=O) groups excluding carboxylic acids is 1. The van der Waals surface area contributed by atoms with Crippen molar-refractivity contribution >= 4 is 5.91 Å². The summed E-state index contributed by atoms with van der Waals surface area (Å²) in [5.41, 5.74) is 0.595. The highest BCUT2D eigenvalue weighted by Crippen LogP contribution is 1.99. The van der Waals surface area contributed by atoms with Gasteiger partial charge in [0.1, 0.15) is 0 Å². The van der Waals surface area contributed by atoms with Crippen LogP contribution in [0.3, 0.4) is 0 Å². The Hall–Kier alpha value is -2.63. The van der Waals surface area contributed by atoms with E-state index >= 15 is 0 Å². The first-order valence-electron chi connectivity index (χ1n) is 6.55. The molecule has 0 saturated heterocycles. The molecule has 1 aromatic carbocycles. The van der Waals surface area contributed by atoms with E-state index in [4.69, 9.17) is 0 Å². The van der Waals surface area contributed by atoms with Crippen molar-refractivity contribution in [3.63, 3.8) is 0 Å². The van der Waals surface area contributed by atoms with Crippen LogP contribution in [-0.4, -0.2) is 15.0 Å². The Morgan fingerprint density at radius 3 is 2.43 bits per heavy atom. The Kier molecular flexibility index (Phi) is 4.37. The molecule has 0 radical (unpaired) electrons. The first kappa shape index (κ1) is 14.8. The monoisotopic (exact) mass is 287 g/mol. The number of rotatable bonds is 4. The van der Waals surface area contributed by atoms with E-state index in [9.17, 15) is 14.4 Å². The molecule has 110 valence electrons. The van der Waals surface area contributed by atoms with Crippen molar-refractivity contribution < 1.29 is 4.79 Å². The lowest BCUT2D eigenvalue weighted by molar-refractivity contribution is -0.120. The smallest absolute Gasteiger partial charge is 0.330 e. The number of hydrogen-bond acceptors (Lipinski definition) is 3. The topological polar surface area (TPSA) is 73.1 Å². The second-order valence-corrected chi connectivity index (χ2v) is 4.81. The Bertz CT molecular complexity index is 760. The van der Waals surface area contributed by atoms with Crippen LogP contribution in [0.2, 0.25) is 0 Å². The van der Waals surface area contributed by atoms with E-state index in [-0.39, 0.29) is 24.4 Å². The third kappa shape index (κ3) is 3.47. The Morgan fingerprint density at radius 1 is 1.10 bits per heavy atom. The summed E-state index contributed by atoms with van der Waals surface area (Å²) in [5, 5.41) is 2.72. The van der Waals surface area contributed by atoms with Crippen LogP contribution in [0.1, 0.15) is 11.3 Å². The Labute approximate surface area is 121 Å². The predicted octanol–water partition coefficient (Wildman–Crippen LogP) is -0.0571. The molecule has 6 nitrogen and oxygen atoms in total. The molecule has 0 atom stereocenters. The second-order valence-electron chi connectivity index (χ2n) is 4.81. The molecule has 0 aliphatic carbocycles.